The van der Waals surface area contributed by atoms with Gasteiger partial charge in [-0.2, -0.15) is 13.2 Å². The summed E-state index contributed by atoms with van der Waals surface area (Å²) < 4.78 is 38.3. The molecule has 0 bridgehead atoms. The molecule has 0 aliphatic rings. The Hall–Kier alpha value is -3.41. The van der Waals surface area contributed by atoms with Gasteiger partial charge >= 0.3 is 6.18 Å². The number of pyridine rings is 1. The number of benzene rings is 2. The number of aromatic nitrogens is 1. The van der Waals surface area contributed by atoms with Crippen molar-refractivity contribution in [1.82, 2.24) is 4.98 Å². The van der Waals surface area contributed by atoms with Gasteiger partial charge in [-0.1, -0.05) is 42.5 Å². The first-order valence-corrected chi connectivity index (χ1v) is 8.55. The van der Waals surface area contributed by atoms with Crippen LogP contribution in [0.3, 0.4) is 0 Å². The third-order valence-electron chi connectivity index (χ3n) is 3.92. The third kappa shape index (κ3) is 5.54. The molecule has 28 heavy (non-hydrogen) atoms. The van der Waals surface area contributed by atoms with Gasteiger partial charge in [-0.25, -0.2) is 0 Å². The number of nitrogens with zero attached hydrogens (tertiary/aromatic N) is 1. The molecule has 1 N–H and O–H groups in total. The first-order valence-electron chi connectivity index (χ1n) is 8.55. The molecule has 0 spiro atoms. The average molecular weight is 382 g/mol. The van der Waals surface area contributed by atoms with Gasteiger partial charge in [0.2, 0.25) is 5.91 Å². The first-order chi connectivity index (χ1) is 13.4. The second kappa shape index (κ2) is 8.52. The molecule has 0 radical (unpaired) electrons. The number of anilines is 1. The highest BCUT2D eigenvalue weighted by molar-refractivity contribution is 5.92. The topological polar surface area (TPSA) is 42.0 Å². The van der Waals surface area contributed by atoms with Crippen LogP contribution in [0.2, 0.25) is 0 Å². The molecule has 142 valence electrons. The van der Waals surface area contributed by atoms with E-state index >= 15 is 0 Å². The Balaban J connectivity index is 1.65. The van der Waals surface area contributed by atoms with Crippen molar-refractivity contribution >= 4 is 23.7 Å². The van der Waals surface area contributed by atoms with Crippen molar-refractivity contribution in [3.63, 3.8) is 0 Å². The molecule has 1 amide bonds. The van der Waals surface area contributed by atoms with Gasteiger partial charge in [-0.05, 0) is 47.5 Å². The molecule has 3 rings (SSSR count). The summed E-state index contributed by atoms with van der Waals surface area (Å²) in [4.78, 5) is 16.4. The summed E-state index contributed by atoms with van der Waals surface area (Å²) >= 11 is 0. The summed E-state index contributed by atoms with van der Waals surface area (Å²) in [7, 11) is 0. The van der Waals surface area contributed by atoms with E-state index in [2.05, 4.69) is 10.3 Å². The molecule has 0 atom stereocenters. The van der Waals surface area contributed by atoms with Crippen LogP contribution in [0.4, 0.5) is 18.9 Å². The zero-order valence-corrected chi connectivity index (χ0v) is 14.8. The maximum atomic E-state index is 12.8. The number of carbonyl (C=O) groups is 1. The number of hydrogen-bond acceptors (Lipinski definition) is 2. The van der Waals surface area contributed by atoms with Crippen LogP contribution in [0, 0.1) is 0 Å². The first kappa shape index (κ1) is 19.4. The number of halogens is 3. The predicted molar refractivity (Wildman–Crippen MR) is 103 cm³/mol. The minimum atomic E-state index is -4.43. The van der Waals surface area contributed by atoms with Gasteiger partial charge in [0.15, 0.2) is 0 Å². The van der Waals surface area contributed by atoms with Crippen molar-refractivity contribution < 1.29 is 18.0 Å². The van der Waals surface area contributed by atoms with E-state index in [1.54, 1.807) is 24.4 Å². The van der Waals surface area contributed by atoms with Gasteiger partial charge in [-0.3, -0.25) is 9.78 Å². The molecule has 1 aromatic heterocycles. The molecule has 0 saturated carbocycles. The fourth-order valence-electron chi connectivity index (χ4n) is 2.62. The Kier molecular flexibility index (Phi) is 5.89. The number of rotatable bonds is 5. The van der Waals surface area contributed by atoms with Gasteiger partial charge in [-0.15, -0.1) is 0 Å². The van der Waals surface area contributed by atoms with Crippen molar-refractivity contribution in [2.24, 2.45) is 0 Å². The van der Waals surface area contributed by atoms with Crippen LogP contribution < -0.4 is 5.32 Å². The normalized spacial score (nSPS) is 11.5. The van der Waals surface area contributed by atoms with Crippen molar-refractivity contribution in [3.8, 4) is 0 Å². The number of carbonyl (C=O) groups excluding carboxylic acids is 1. The molecular formula is C22H17F3N2O. The zero-order chi connectivity index (χ0) is 20.0. The summed E-state index contributed by atoms with van der Waals surface area (Å²) in [6.07, 6.45) is 0.844. The van der Waals surface area contributed by atoms with Gasteiger partial charge in [0.25, 0.3) is 0 Å². The number of alkyl halides is 3. The molecule has 2 aromatic carbocycles. The Morgan fingerprint density at radius 1 is 0.964 bits per heavy atom. The maximum absolute atomic E-state index is 12.8. The molecule has 0 aliphatic carbocycles. The monoisotopic (exact) mass is 382 g/mol. The molecule has 0 aliphatic heterocycles. The van der Waals surface area contributed by atoms with E-state index in [1.807, 2.05) is 36.4 Å². The number of hydrogen-bond donors (Lipinski definition) is 1. The van der Waals surface area contributed by atoms with Crippen molar-refractivity contribution in [3.05, 3.63) is 95.3 Å². The fourth-order valence-corrected chi connectivity index (χ4v) is 2.62. The van der Waals surface area contributed by atoms with E-state index < -0.39 is 11.7 Å². The van der Waals surface area contributed by atoms with E-state index in [0.29, 0.717) is 11.3 Å². The van der Waals surface area contributed by atoms with Crippen molar-refractivity contribution in [2.75, 3.05) is 5.32 Å². The number of nitrogens with one attached hydrogen (secondary N) is 1. The Morgan fingerprint density at radius 2 is 1.79 bits per heavy atom. The quantitative estimate of drug-likeness (QED) is 0.637. The second-order valence-electron chi connectivity index (χ2n) is 6.14. The van der Waals surface area contributed by atoms with Gasteiger partial charge in [0, 0.05) is 11.9 Å². The van der Waals surface area contributed by atoms with Crippen LogP contribution >= 0.6 is 0 Å². The summed E-state index contributed by atoms with van der Waals surface area (Å²) in [6.45, 7) is 0. The van der Waals surface area contributed by atoms with Gasteiger partial charge in [0.1, 0.15) is 0 Å². The lowest BCUT2D eigenvalue weighted by Crippen LogP contribution is -2.15. The molecule has 6 heteroatoms. The van der Waals surface area contributed by atoms with Crippen molar-refractivity contribution in [1.29, 1.82) is 0 Å². The molecule has 0 unspecified atom stereocenters. The lowest BCUT2D eigenvalue weighted by atomic mass is 10.1. The van der Waals surface area contributed by atoms with E-state index in [4.69, 9.17) is 0 Å². The van der Waals surface area contributed by atoms with Gasteiger partial charge < -0.3 is 5.32 Å². The van der Waals surface area contributed by atoms with Crippen LogP contribution in [0.5, 0.6) is 0 Å². The summed E-state index contributed by atoms with van der Waals surface area (Å²) in [5, 5.41) is 2.72. The molecule has 1 heterocycles. The Morgan fingerprint density at radius 3 is 2.54 bits per heavy atom. The summed E-state index contributed by atoms with van der Waals surface area (Å²) in [6, 6.07) is 17.5. The highest BCUT2D eigenvalue weighted by Crippen LogP contribution is 2.29. The van der Waals surface area contributed by atoms with E-state index in [1.165, 1.54) is 12.1 Å². The predicted octanol–water partition coefficient (Wildman–Crippen LogP) is 5.45. The lowest BCUT2D eigenvalue weighted by molar-refractivity contribution is -0.137. The second-order valence-corrected chi connectivity index (χ2v) is 6.14. The average Bonchev–Trinajstić information content (AvgIpc) is 2.67. The minimum Gasteiger partial charge on any atom is -0.326 e. The highest BCUT2D eigenvalue weighted by atomic mass is 19.4. The van der Waals surface area contributed by atoms with Crippen molar-refractivity contribution in [2.45, 2.75) is 12.6 Å². The molecular weight excluding hydrogens is 365 g/mol. The van der Waals surface area contributed by atoms with E-state index in [9.17, 15) is 18.0 Å². The standard InChI is InChI=1S/C22H17F3N2O/c23-22(24,25)18-7-3-6-17(13-18)15-21(28)27-20-9-4-5-16(14-20)10-11-19-8-1-2-12-26-19/h1-14H,15H2,(H,27,28). The molecule has 0 saturated heterocycles. The summed E-state index contributed by atoms with van der Waals surface area (Å²) in [5.41, 5.74) is 1.78. The molecule has 3 nitrogen and oxygen atoms in total. The smallest absolute Gasteiger partial charge is 0.326 e. The minimum absolute atomic E-state index is 0.141. The lowest BCUT2D eigenvalue weighted by Gasteiger charge is -2.09. The van der Waals surface area contributed by atoms with Crippen LogP contribution in [0.15, 0.2) is 72.9 Å². The fraction of sp³-hybridized carbons (Fsp3) is 0.0909. The van der Waals surface area contributed by atoms with Gasteiger partial charge in [0.05, 0.1) is 17.7 Å². The van der Waals surface area contributed by atoms with Crippen LogP contribution in [0.25, 0.3) is 12.2 Å². The summed E-state index contributed by atoms with van der Waals surface area (Å²) in [5.74, 6) is -0.384. The highest BCUT2D eigenvalue weighted by Gasteiger charge is 2.30. The SMILES string of the molecule is O=C(Cc1cccc(C(F)(F)F)c1)Nc1cccc(C=Cc2ccccn2)c1. The maximum Gasteiger partial charge on any atom is 0.416 e. The van der Waals surface area contributed by atoms with Crippen LogP contribution in [-0.2, 0) is 17.4 Å². The van der Waals surface area contributed by atoms with E-state index in [-0.39, 0.29) is 12.3 Å². The van der Waals surface area contributed by atoms with E-state index in [0.717, 1.165) is 23.4 Å². The number of amides is 1. The zero-order valence-electron chi connectivity index (χ0n) is 14.8. The molecule has 0 fully saturated rings. The Labute approximate surface area is 160 Å². The molecule has 3 aromatic rings. The van der Waals surface area contributed by atoms with Crippen LogP contribution in [0.1, 0.15) is 22.4 Å². The Bertz CT molecular complexity index is 982. The largest absolute Gasteiger partial charge is 0.416 e. The third-order valence-corrected chi connectivity index (χ3v) is 3.92. The van der Waals surface area contributed by atoms with Crippen LogP contribution in [-0.4, -0.2) is 10.9 Å².